The highest BCUT2D eigenvalue weighted by Gasteiger charge is 2.23. The summed E-state index contributed by atoms with van der Waals surface area (Å²) in [4.78, 5) is 23.4. The number of halogens is 2. The second kappa shape index (κ2) is 7.97. The molecule has 0 aliphatic rings. The van der Waals surface area contributed by atoms with Crippen molar-refractivity contribution in [2.45, 2.75) is 37.0 Å². The van der Waals surface area contributed by atoms with Crippen LogP contribution in [0.1, 0.15) is 30.6 Å². The molecule has 1 aromatic rings. The Morgan fingerprint density at radius 2 is 1.90 bits per heavy atom. The maximum absolute atomic E-state index is 12.5. The first-order chi connectivity index (χ1) is 9.81. The second-order valence-electron chi connectivity index (χ2n) is 4.87. The van der Waals surface area contributed by atoms with Gasteiger partial charge in [0.1, 0.15) is 6.04 Å². The van der Waals surface area contributed by atoms with Crippen LogP contribution < -0.4 is 5.32 Å². The number of carbonyl (C=O) groups is 2. The highest BCUT2D eigenvalue weighted by molar-refractivity contribution is 7.99. The monoisotopic (exact) mass is 317 g/mol. The van der Waals surface area contributed by atoms with E-state index in [9.17, 15) is 18.4 Å². The molecule has 7 heteroatoms. The largest absolute Gasteiger partial charge is 0.480 e. The van der Waals surface area contributed by atoms with E-state index in [1.807, 2.05) is 13.8 Å². The van der Waals surface area contributed by atoms with Crippen molar-refractivity contribution in [3.05, 3.63) is 29.8 Å². The topological polar surface area (TPSA) is 66.4 Å². The van der Waals surface area contributed by atoms with E-state index >= 15 is 0 Å². The van der Waals surface area contributed by atoms with Gasteiger partial charge in [0.15, 0.2) is 0 Å². The summed E-state index contributed by atoms with van der Waals surface area (Å²) >= 11 is 0.261. The van der Waals surface area contributed by atoms with E-state index in [1.165, 1.54) is 12.1 Å². The summed E-state index contributed by atoms with van der Waals surface area (Å²) in [6.07, 6.45) is 0.269. The maximum atomic E-state index is 12.5. The first-order valence-corrected chi connectivity index (χ1v) is 7.26. The fourth-order valence-electron chi connectivity index (χ4n) is 1.78. The zero-order chi connectivity index (χ0) is 16.0. The molecular formula is C14H17F2NO3S. The highest BCUT2D eigenvalue weighted by Crippen LogP contribution is 2.28. The molecule has 0 saturated heterocycles. The molecule has 1 rings (SSSR count). The van der Waals surface area contributed by atoms with Crippen LogP contribution >= 0.6 is 11.8 Å². The number of nitrogens with one attached hydrogen (secondary N) is 1. The van der Waals surface area contributed by atoms with Crippen LogP contribution in [-0.4, -0.2) is 28.8 Å². The number of carboxylic acid groups (broad SMARTS) is 1. The molecule has 116 valence electrons. The van der Waals surface area contributed by atoms with Crippen LogP contribution in [-0.2, 0) is 4.79 Å². The summed E-state index contributed by atoms with van der Waals surface area (Å²) in [7, 11) is 0. The van der Waals surface area contributed by atoms with Crippen LogP contribution in [0.25, 0.3) is 0 Å². The van der Waals surface area contributed by atoms with Gasteiger partial charge in [-0.05, 0) is 24.5 Å². The van der Waals surface area contributed by atoms with Gasteiger partial charge < -0.3 is 10.4 Å². The van der Waals surface area contributed by atoms with E-state index in [-0.39, 0.29) is 34.6 Å². The Kier molecular flexibility index (Phi) is 6.61. The van der Waals surface area contributed by atoms with Gasteiger partial charge in [-0.2, -0.15) is 8.78 Å². The van der Waals surface area contributed by atoms with Crippen LogP contribution in [0.4, 0.5) is 8.78 Å². The second-order valence-corrected chi connectivity index (χ2v) is 5.90. The van der Waals surface area contributed by atoms with Gasteiger partial charge >= 0.3 is 5.97 Å². The van der Waals surface area contributed by atoms with Crippen LogP contribution in [0.3, 0.4) is 0 Å². The molecule has 0 aromatic heterocycles. The molecule has 0 spiro atoms. The first-order valence-electron chi connectivity index (χ1n) is 6.38. The lowest BCUT2D eigenvalue weighted by Crippen LogP contribution is -2.41. The van der Waals surface area contributed by atoms with Gasteiger partial charge in [0.05, 0.1) is 5.56 Å². The molecule has 0 heterocycles. The number of rotatable bonds is 7. The van der Waals surface area contributed by atoms with Gasteiger partial charge in [0, 0.05) is 4.90 Å². The van der Waals surface area contributed by atoms with E-state index in [1.54, 1.807) is 12.1 Å². The molecule has 2 N–H and O–H groups in total. The molecule has 0 bridgehead atoms. The highest BCUT2D eigenvalue weighted by atomic mass is 32.2. The molecule has 1 atom stereocenters. The molecular weight excluding hydrogens is 300 g/mol. The van der Waals surface area contributed by atoms with Crippen LogP contribution in [0, 0.1) is 5.92 Å². The van der Waals surface area contributed by atoms with E-state index < -0.39 is 23.7 Å². The third-order valence-electron chi connectivity index (χ3n) is 2.66. The number of hydrogen-bond donors (Lipinski definition) is 2. The number of amides is 1. The molecule has 0 aliphatic heterocycles. The lowest BCUT2D eigenvalue weighted by atomic mass is 10.0. The Morgan fingerprint density at radius 1 is 1.29 bits per heavy atom. The van der Waals surface area contributed by atoms with Crippen molar-refractivity contribution in [2.24, 2.45) is 5.92 Å². The van der Waals surface area contributed by atoms with E-state index in [0.29, 0.717) is 0 Å². The molecule has 0 aliphatic carbocycles. The molecule has 1 amide bonds. The van der Waals surface area contributed by atoms with Gasteiger partial charge in [-0.15, -0.1) is 0 Å². The fraction of sp³-hybridized carbons (Fsp3) is 0.429. The lowest BCUT2D eigenvalue weighted by Gasteiger charge is -2.17. The Hall–Kier alpha value is -1.63. The normalized spacial score (nSPS) is 12.5. The predicted octanol–water partition coefficient (Wildman–Crippen LogP) is 3.23. The van der Waals surface area contributed by atoms with E-state index in [0.717, 1.165) is 0 Å². The summed E-state index contributed by atoms with van der Waals surface area (Å²) in [5.41, 5.74) is 0.0535. The molecule has 0 unspecified atom stereocenters. The summed E-state index contributed by atoms with van der Waals surface area (Å²) in [6.45, 7) is 3.67. The molecule has 0 saturated carbocycles. The minimum atomic E-state index is -2.65. The molecule has 4 nitrogen and oxygen atoms in total. The van der Waals surface area contributed by atoms with Crippen molar-refractivity contribution in [1.29, 1.82) is 0 Å². The summed E-state index contributed by atoms with van der Waals surface area (Å²) in [6, 6.07) is 4.85. The molecule has 21 heavy (non-hydrogen) atoms. The SMILES string of the molecule is CC(C)C[C@@H](NC(=O)c1ccccc1SC(F)F)C(=O)O. The average Bonchev–Trinajstić information content (AvgIpc) is 2.37. The summed E-state index contributed by atoms with van der Waals surface area (Å²) < 4.78 is 24.9. The smallest absolute Gasteiger partial charge is 0.326 e. The standard InChI is InChI=1S/C14H17F2NO3S/c1-8(2)7-10(13(19)20)17-12(18)9-5-3-4-6-11(9)21-14(15)16/h3-6,8,10,14H,7H2,1-2H3,(H,17,18)(H,19,20)/t10-/m1/s1. The number of thioether (sulfide) groups is 1. The van der Waals surface area contributed by atoms with Gasteiger partial charge in [-0.1, -0.05) is 37.7 Å². The molecule has 0 radical (unpaired) electrons. The Balaban J connectivity index is 2.90. The van der Waals surface area contributed by atoms with Gasteiger partial charge in [0.25, 0.3) is 11.7 Å². The number of carbonyl (C=O) groups excluding carboxylic acids is 1. The zero-order valence-corrected chi connectivity index (χ0v) is 12.5. The molecule has 0 fully saturated rings. The number of benzene rings is 1. The summed E-state index contributed by atoms with van der Waals surface area (Å²) in [5, 5.41) is 11.5. The van der Waals surface area contributed by atoms with E-state index in [4.69, 9.17) is 5.11 Å². The minimum Gasteiger partial charge on any atom is -0.480 e. The zero-order valence-electron chi connectivity index (χ0n) is 11.7. The van der Waals surface area contributed by atoms with Crippen LogP contribution in [0.2, 0.25) is 0 Å². The van der Waals surface area contributed by atoms with Crippen molar-refractivity contribution in [3.63, 3.8) is 0 Å². The fourth-order valence-corrected chi connectivity index (χ4v) is 2.42. The third kappa shape index (κ3) is 5.71. The van der Waals surface area contributed by atoms with Crippen LogP contribution in [0.5, 0.6) is 0 Å². The van der Waals surface area contributed by atoms with Crippen molar-refractivity contribution >= 4 is 23.6 Å². The van der Waals surface area contributed by atoms with Crippen molar-refractivity contribution in [2.75, 3.05) is 0 Å². The van der Waals surface area contributed by atoms with Gasteiger partial charge in [-0.3, -0.25) is 4.79 Å². The first kappa shape index (κ1) is 17.4. The van der Waals surface area contributed by atoms with Gasteiger partial charge in [-0.25, -0.2) is 4.79 Å². The Labute approximate surface area is 125 Å². The van der Waals surface area contributed by atoms with Gasteiger partial charge in [0.2, 0.25) is 0 Å². The number of alkyl halides is 2. The average molecular weight is 317 g/mol. The Morgan fingerprint density at radius 3 is 2.43 bits per heavy atom. The van der Waals surface area contributed by atoms with Crippen molar-refractivity contribution in [1.82, 2.24) is 5.32 Å². The maximum Gasteiger partial charge on any atom is 0.326 e. The quantitative estimate of drug-likeness (QED) is 0.758. The lowest BCUT2D eigenvalue weighted by molar-refractivity contribution is -0.139. The Bertz CT molecular complexity index is 509. The van der Waals surface area contributed by atoms with Crippen LogP contribution in [0.15, 0.2) is 29.2 Å². The number of hydrogen-bond acceptors (Lipinski definition) is 3. The number of carboxylic acids is 1. The predicted molar refractivity (Wildman–Crippen MR) is 76.6 cm³/mol. The molecule has 1 aromatic carbocycles. The minimum absolute atomic E-state index is 0.0535. The van der Waals surface area contributed by atoms with E-state index in [2.05, 4.69) is 5.32 Å². The number of aliphatic carboxylic acids is 1. The van der Waals surface area contributed by atoms with Crippen molar-refractivity contribution < 1.29 is 23.5 Å². The third-order valence-corrected chi connectivity index (χ3v) is 3.45. The summed E-state index contributed by atoms with van der Waals surface area (Å²) in [5.74, 6) is -4.37. The van der Waals surface area contributed by atoms with Crippen molar-refractivity contribution in [3.8, 4) is 0 Å².